The summed E-state index contributed by atoms with van der Waals surface area (Å²) in [5.74, 6) is -1.36. The minimum Gasteiger partial charge on any atom is -0.507 e. The van der Waals surface area contributed by atoms with Gasteiger partial charge in [-0.1, -0.05) is 6.42 Å². The quantitative estimate of drug-likeness (QED) is 0.553. The number of phenolic OH excluding ortho intramolecular Hbond substituents is 1. The van der Waals surface area contributed by atoms with Crippen LogP contribution >= 0.6 is 0 Å². The van der Waals surface area contributed by atoms with Crippen LogP contribution in [0.2, 0.25) is 0 Å². The van der Waals surface area contributed by atoms with Crippen LogP contribution in [-0.4, -0.2) is 63.6 Å². The third-order valence-electron chi connectivity index (χ3n) is 5.16. The van der Waals surface area contributed by atoms with Gasteiger partial charge in [0, 0.05) is 19.2 Å². The van der Waals surface area contributed by atoms with Gasteiger partial charge in [-0.2, -0.15) is 4.31 Å². The summed E-state index contributed by atoms with van der Waals surface area (Å²) in [5.41, 5.74) is -0.000249. The molecule has 3 rings (SSSR count). The molecule has 1 fully saturated rings. The Bertz CT molecular complexity index is 1130. The van der Waals surface area contributed by atoms with Crippen LogP contribution in [0.25, 0.3) is 0 Å². The van der Waals surface area contributed by atoms with E-state index in [0.717, 1.165) is 19.3 Å². The van der Waals surface area contributed by atoms with Gasteiger partial charge in [-0.3, -0.25) is 4.79 Å². The van der Waals surface area contributed by atoms with Gasteiger partial charge in [0.05, 0.1) is 24.8 Å². The highest BCUT2D eigenvalue weighted by molar-refractivity contribution is 7.89. The Morgan fingerprint density at radius 3 is 2.39 bits per heavy atom. The molecular formula is C22H26N2O8S. The zero-order valence-electron chi connectivity index (χ0n) is 18.4. The molecule has 33 heavy (non-hydrogen) atoms. The summed E-state index contributed by atoms with van der Waals surface area (Å²) in [6, 6.07) is 8.22. The molecule has 0 saturated carbocycles. The topological polar surface area (TPSA) is 131 Å². The number of sulfonamides is 1. The van der Waals surface area contributed by atoms with Gasteiger partial charge in [0.2, 0.25) is 10.0 Å². The molecule has 0 atom stereocenters. The largest absolute Gasteiger partial charge is 0.507 e. The minimum atomic E-state index is -3.71. The number of methoxy groups -OCH3 is 2. The molecule has 0 radical (unpaired) electrons. The normalized spacial score (nSPS) is 14.4. The van der Waals surface area contributed by atoms with Crippen molar-refractivity contribution in [2.45, 2.75) is 24.2 Å². The molecule has 0 aliphatic carbocycles. The summed E-state index contributed by atoms with van der Waals surface area (Å²) in [6.07, 6.45) is 2.59. The summed E-state index contributed by atoms with van der Waals surface area (Å²) in [5, 5.41) is 12.4. The first-order valence-electron chi connectivity index (χ1n) is 10.3. The van der Waals surface area contributed by atoms with E-state index in [-0.39, 0.29) is 27.6 Å². The average molecular weight is 479 g/mol. The molecule has 0 spiro atoms. The summed E-state index contributed by atoms with van der Waals surface area (Å²) in [6.45, 7) is 0.241. The molecule has 1 saturated heterocycles. The van der Waals surface area contributed by atoms with Crippen molar-refractivity contribution < 1.29 is 37.3 Å². The number of carbonyl (C=O) groups is 2. The van der Waals surface area contributed by atoms with Gasteiger partial charge < -0.3 is 24.6 Å². The number of aromatic hydroxyl groups is 1. The summed E-state index contributed by atoms with van der Waals surface area (Å²) >= 11 is 0. The minimum absolute atomic E-state index is 0.0284. The van der Waals surface area contributed by atoms with Gasteiger partial charge in [-0.05, 0) is 43.2 Å². The number of anilines is 1. The number of benzene rings is 2. The molecule has 1 aliphatic rings. The van der Waals surface area contributed by atoms with E-state index in [0.29, 0.717) is 18.8 Å². The van der Waals surface area contributed by atoms with Crippen LogP contribution in [0.5, 0.6) is 17.2 Å². The van der Waals surface area contributed by atoms with Crippen molar-refractivity contribution in [2.75, 3.05) is 39.2 Å². The van der Waals surface area contributed by atoms with Crippen molar-refractivity contribution in [3.63, 3.8) is 0 Å². The Morgan fingerprint density at radius 2 is 1.76 bits per heavy atom. The van der Waals surface area contributed by atoms with Crippen LogP contribution in [0.1, 0.15) is 29.6 Å². The lowest BCUT2D eigenvalue weighted by Gasteiger charge is -2.26. The van der Waals surface area contributed by atoms with E-state index in [4.69, 9.17) is 14.2 Å². The van der Waals surface area contributed by atoms with Crippen LogP contribution < -0.4 is 14.8 Å². The molecule has 10 nitrogen and oxygen atoms in total. The molecule has 0 bridgehead atoms. The van der Waals surface area contributed by atoms with Crippen LogP contribution in [0.4, 0.5) is 5.69 Å². The van der Waals surface area contributed by atoms with Gasteiger partial charge in [-0.15, -0.1) is 0 Å². The highest BCUT2D eigenvalue weighted by Crippen LogP contribution is 2.30. The number of piperidine rings is 1. The molecular weight excluding hydrogens is 452 g/mol. The molecule has 0 aromatic heterocycles. The summed E-state index contributed by atoms with van der Waals surface area (Å²) in [4.78, 5) is 24.6. The van der Waals surface area contributed by atoms with Gasteiger partial charge in [-0.25, -0.2) is 13.2 Å². The lowest BCUT2D eigenvalue weighted by molar-refractivity contribution is -0.119. The fourth-order valence-electron chi connectivity index (χ4n) is 3.41. The number of amides is 1. The van der Waals surface area contributed by atoms with Gasteiger partial charge in [0.25, 0.3) is 5.91 Å². The molecule has 1 aliphatic heterocycles. The Kier molecular flexibility index (Phi) is 7.77. The predicted molar refractivity (Wildman–Crippen MR) is 119 cm³/mol. The van der Waals surface area contributed by atoms with Crippen LogP contribution in [0, 0.1) is 0 Å². The number of ether oxygens (including phenoxy) is 3. The van der Waals surface area contributed by atoms with Crippen LogP contribution in [0.3, 0.4) is 0 Å². The highest BCUT2D eigenvalue weighted by Gasteiger charge is 2.27. The summed E-state index contributed by atoms with van der Waals surface area (Å²) in [7, 11) is -0.914. The van der Waals surface area contributed by atoms with E-state index >= 15 is 0 Å². The summed E-state index contributed by atoms with van der Waals surface area (Å²) < 4.78 is 42.4. The number of hydrogen-bond donors (Lipinski definition) is 2. The Labute approximate surface area is 192 Å². The maximum absolute atomic E-state index is 12.9. The highest BCUT2D eigenvalue weighted by atomic mass is 32.2. The number of esters is 1. The fraction of sp³-hybridized carbons (Fsp3) is 0.364. The zero-order chi connectivity index (χ0) is 24.0. The predicted octanol–water partition coefficient (Wildman–Crippen LogP) is 2.38. The molecule has 1 amide bonds. The Hall–Kier alpha value is -3.31. The van der Waals surface area contributed by atoms with E-state index in [2.05, 4.69) is 5.32 Å². The molecule has 2 aromatic rings. The van der Waals surface area contributed by atoms with Crippen molar-refractivity contribution in [1.82, 2.24) is 4.31 Å². The Morgan fingerprint density at radius 1 is 1.03 bits per heavy atom. The first-order chi connectivity index (χ1) is 15.8. The van der Waals surface area contributed by atoms with E-state index in [1.165, 1.54) is 54.9 Å². The number of nitrogens with one attached hydrogen (secondary N) is 1. The van der Waals surface area contributed by atoms with E-state index in [9.17, 15) is 23.1 Å². The molecule has 2 N–H and O–H groups in total. The SMILES string of the molecule is COc1ccc(C(=O)OCC(=O)Nc2cc(S(=O)(=O)N3CCCCC3)ccc2OC)c(O)c1. The van der Waals surface area contributed by atoms with Gasteiger partial charge in [0.1, 0.15) is 22.8 Å². The molecule has 11 heteroatoms. The van der Waals surface area contributed by atoms with Crippen molar-refractivity contribution in [2.24, 2.45) is 0 Å². The van der Waals surface area contributed by atoms with Gasteiger partial charge >= 0.3 is 5.97 Å². The molecule has 0 unspecified atom stereocenters. The average Bonchev–Trinajstić information content (AvgIpc) is 2.82. The van der Waals surface area contributed by atoms with Crippen LogP contribution in [0.15, 0.2) is 41.3 Å². The van der Waals surface area contributed by atoms with Crippen molar-refractivity contribution in [1.29, 1.82) is 0 Å². The smallest absolute Gasteiger partial charge is 0.342 e. The zero-order valence-corrected chi connectivity index (χ0v) is 19.2. The second-order valence-electron chi connectivity index (χ2n) is 7.33. The maximum Gasteiger partial charge on any atom is 0.342 e. The number of carbonyl (C=O) groups excluding carboxylic acids is 2. The number of nitrogens with zero attached hydrogens (tertiary/aromatic N) is 1. The number of phenols is 1. The second-order valence-corrected chi connectivity index (χ2v) is 9.27. The first-order valence-corrected chi connectivity index (χ1v) is 11.7. The molecule has 1 heterocycles. The lowest BCUT2D eigenvalue weighted by atomic mass is 10.2. The molecule has 2 aromatic carbocycles. The van der Waals surface area contributed by atoms with Crippen molar-refractivity contribution in [3.8, 4) is 17.2 Å². The third kappa shape index (κ3) is 5.74. The number of hydrogen-bond acceptors (Lipinski definition) is 8. The van der Waals surface area contributed by atoms with Crippen LogP contribution in [-0.2, 0) is 19.6 Å². The van der Waals surface area contributed by atoms with E-state index < -0.39 is 28.5 Å². The standard InChI is InChI=1S/C22H26N2O8S/c1-30-15-6-8-17(19(25)12-15)22(27)32-14-21(26)23-18-13-16(7-9-20(18)31-2)33(28,29)24-10-4-3-5-11-24/h6-9,12-13,25H,3-5,10-11,14H2,1-2H3,(H,23,26). The van der Waals surface area contributed by atoms with Crippen molar-refractivity contribution >= 4 is 27.6 Å². The maximum atomic E-state index is 12.9. The van der Waals surface area contributed by atoms with Gasteiger partial charge in [0.15, 0.2) is 6.61 Å². The monoisotopic (exact) mass is 478 g/mol. The first kappa shape index (κ1) is 24.3. The number of rotatable bonds is 8. The molecule has 178 valence electrons. The van der Waals surface area contributed by atoms with Crippen molar-refractivity contribution in [3.05, 3.63) is 42.0 Å². The lowest BCUT2D eigenvalue weighted by Crippen LogP contribution is -2.35. The second kappa shape index (κ2) is 10.5. The third-order valence-corrected chi connectivity index (χ3v) is 7.05. The Balaban J connectivity index is 1.69. The van der Waals surface area contributed by atoms with E-state index in [1.54, 1.807) is 0 Å². The fourth-order valence-corrected chi connectivity index (χ4v) is 4.95. The van der Waals surface area contributed by atoms with E-state index in [1.807, 2.05) is 0 Å².